The van der Waals surface area contributed by atoms with Crippen molar-refractivity contribution in [3.63, 3.8) is 0 Å². The van der Waals surface area contributed by atoms with Crippen LogP contribution in [0.1, 0.15) is 17.3 Å². The van der Waals surface area contributed by atoms with Crippen molar-refractivity contribution in [1.82, 2.24) is 10.2 Å². The molecule has 0 aliphatic rings. The first-order valence-electron chi connectivity index (χ1n) is 6.03. The van der Waals surface area contributed by atoms with E-state index in [-0.39, 0.29) is 23.5 Å². The molecule has 1 aromatic rings. The number of hydrogen-bond acceptors (Lipinski definition) is 3. The van der Waals surface area contributed by atoms with Crippen molar-refractivity contribution < 1.29 is 14.0 Å². The molecular formula is C13H16ClFN2O2S. The third-order valence-electron chi connectivity index (χ3n) is 2.54. The van der Waals surface area contributed by atoms with E-state index >= 15 is 0 Å². The maximum absolute atomic E-state index is 12.7. The van der Waals surface area contributed by atoms with E-state index in [1.165, 1.54) is 36.0 Å². The summed E-state index contributed by atoms with van der Waals surface area (Å²) in [7, 11) is 0. The summed E-state index contributed by atoms with van der Waals surface area (Å²) in [6, 6.07) is 5.31. The van der Waals surface area contributed by atoms with Gasteiger partial charge in [-0.15, -0.1) is 23.4 Å². The number of alkyl halides is 1. The molecule has 1 aromatic carbocycles. The Morgan fingerprint density at radius 3 is 2.55 bits per heavy atom. The van der Waals surface area contributed by atoms with Crippen LogP contribution in [0.15, 0.2) is 24.3 Å². The molecule has 1 N–H and O–H groups in total. The van der Waals surface area contributed by atoms with Gasteiger partial charge in [0.25, 0.3) is 5.91 Å². The Labute approximate surface area is 126 Å². The largest absolute Gasteiger partial charge is 0.343 e. The molecule has 0 radical (unpaired) electrons. The normalized spacial score (nSPS) is 10.2. The maximum atomic E-state index is 12.7. The molecule has 0 spiro atoms. The first-order chi connectivity index (χ1) is 9.58. The first-order valence-corrected chi connectivity index (χ1v) is 7.72. The molecule has 2 amide bonds. The highest BCUT2D eigenvalue weighted by Crippen LogP contribution is 2.06. The minimum absolute atomic E-state index is 0.0453. The van der Waals surface area contributed by atoms with Gasteiger partial charge in [0.05, 0.1) is 11.8 Å². The summed E-state index contributed by atoms with van der Waals surface area (Å²) in [5.74, 6) is -0.00507. The number of thioether (sulfide) groups is 1. The lowest BCUT2D eigenvalue weighted by Crippen LogP contribution is -2.32. The van der Waals surface area contributed by atoms with E-state index in [0.29, 0.717) is 23.9 Å². The molecule has 0 aliphatic heterocycles. The molecule has 20 heavy (non-hydrogen) atoms. The second-order valence-electron chi connectivity index (χ2n) is 3.87. The lowest BCUT2D eigenvalue weighted by atomic mass is 10.2. The van der Waals surface area contributed by atoms with Crippen LogP contribution in [-0.4, -0.2) is 40.9 Å². The molecule has 0 saturated carbocycles. The third kappa shape index (κ3) is 5.38. The summed E-state index contributed by atoms with van der Waals surface area (Å²) in [5, 5.41) is 2.69. The van der Waals surface area contributed by atoms with Crippen molar-refractivity contribution in [2.75, 3.05) is 24.2 Å². The number of hydrogen-bond donors (Lipinski definition) is 1. The third-order valence-corrected chi connectivity index (χ3v) is 3.61. The molecule has 0 atom stereocenters. The zero-order valence-corrected chi connectivity index (χ0v) is 12.6. The van der Waals surface area contributed by atoms with Gasteiger partial charge in [-0.25, -0.2) is 4.39 Å². The second kappa shape index (κ2) is 8.81. The summed E-state index contributed by atoms with van der Waals surface area (Å²) in [4.78, 5) is 24.7. The molecule has 4 nitrogen and oxygen atoms in total. The van der Waals surface area contributed by atoms with Gasteiger partial charge >= 0.3 is 0 Å². The second-order valence-corrected chi connectivity index (χ2v) is 5.10. The summed E-state index contributed by atoms with van der Waals surface area (Å²) >= 11 is 6.88. The van der Waals surface area contributed by atoms with Gasteiger partial charge in [-0.05, 0) is 31.2 Å². The summed E-state index contributed by atoms with van der Waals surface area (Å²) in [6.45, 7) is 2.44. The molecular weight excluding hydrogens is 303 g/mol. The van der Waals surface area contributed by atoms with Crippen molar-refractivity contribution >= 4 is 35.2 Å². The number of rotatable bonds is 7. The van der Waals surface area contributed by atoms with Gasteiger partial charge in [0.15, 0.2) is 0 Å². The molecule has 0 fully saturated rings. The number of benzene rings is 1. The van der Waals surface area contributed by atoms with Gasteiger partial charge in [0.1, 0.15) is 11.7 Å². The number of nitrogens with zero attached hydrogens (tertiary/aromatic N) is 1. The number of carbonyl (C=O) groups is 2. The SMILES string of the molecule is CCN(CSCNC(=O)c1ccc(F)cc1)C(=O)CCl. The van der Waals surface area contributed by atoms with Crippen LogP contribution in [0.25, 0.3) is 0 Å². The Bertz CT molecular complexity index is 456. The van der Waals surface area contributed by atoms with Crippen LogP contribution in [0.3, 0.4) is 0 Å². The monoisotopic (exact) mass is 318 g/mol. The first kappa shape index (κ1) is 16.8. The zero-order chi connectivity index (χ0) is 15.0. The standard InChI is InChI=1S/C13H16ClFN2O2S/c1-2-17(12(18)7-14)9-20-8-16-13(19)10-3-5-11(15)6-4-10/h3-6H,2,7-9H2,1H3,(H,16,19). The van der Waals surface area contributed by atoms with Gasteiger partial charge in [0, 0.05) is 12.1 Å². The van der Waals surface area contributed by atoms with Gasteiger partial charge < -0.3 is 10.2 Å². The molecule has 0 aliphatic carbocycles. The average Bonchev–Trinajstić information content (AvgIpc) is 2.47. The van der Waals surface area contributed by atoms with Crippen LogP contribution in [0.2, 0.25) is 0 Å². The maximum Gasteiger partial charge on any atom is 0.251 e. The number of halogens is 2. The van der Waals surface area contributed by atoms with Crippen molar-refractivity contribution in [1.29, 1.82) is 0 Å². The Morgan fingerprint density at radius 1 is 1.35 bits per heavy atom. The smallest absolute Gasteiger partial charge is 0.251 e. The Morgan fingerprint density at radius 2 is 2.00 bits per heavy atom. The highest BCUT2D eigenvalue weighted by atomic mass is 35.5. The fourth-order valence-corrected chi connectivity index (χ4v) is 2.44. The summed E-state index contributed by atoms with van der Waals surface area (Å²) in [5.41, 5.74) is 0.399. The minimum Gasteiger partial charge on any atom is -0.343 e. The fraction of sp³-hybridized carbons (Fsp3) is 0.385. The minimum atomic E-state index is -0.380. The van der Waals surface area contributed by atoms with Crippen molar-refractivity contribution in [2.45, 2.75) is 6.92 Å². The van der Waals surface area contributed by atoms with Crippen LogP contribution in [0.5, 0.6) is 0 Å². The predicted molar refractivity (Wildman–Crippen MR) is 79.3 cm³/mol. The van der Waals surface area contributed by atoms with E-state index in [0.717, 1.165) is 0 Å². The quantitative estimate of drug-likeness (QED) is 0.477. The van der Waals surface area contributed by atoms with Crippen molar-refractivity contribution in [3.8, 4) is 0 Å². The fourth-order valence-electron chi connectivity index (χ4n) is 1.40. The lowest BCUT2D eigenvalue weighted by Gasteiger charge is -2.19. The topological polar surface area (TPSA) is 49.4 Å². The van der Waals surface area contributed by atoms with Gasteiger partial charge in [0.2, 0.25) is 5.91 Å². The Hall–Kier alpha value is -1.27. The van der Waals surface area contributed by atoms with Crippen LogP contribution >= 0.6 is 23.4 Å². The summed E-state index contributed by atoms with van der Waals surface area (Å²) < 4.78 is 12.7. The highest BCUT2D eigenvalue weighted by molar-refractivity contribution is 7.99. The molecule has 0 heterocycles. The van der Waals surface area contributed by atoms with E-state index in [1.807, 2.05) is 6.92 Å². The predicted octanol–water partition coefficient (Wildman–Crippen LogP) is 2.29. The van der Waals surface area contributed by atoms with Crippen LogP contribution in [-0.2, 0) is 4.79 Å². The van der Waals surface area contributed by atoms with E-state index < -0.39 is 0 Å². The van der Waals surface area contributed by atoms with Gasteiger partial charge in [-0.3, -0.25) is 9.59 Å². The van der Waals surface area contributed by atoms with E-state index in [2.05, 4.69) is 5.32 Å². The molecule has 1 rings (SSSR count). The number of nitrogens with one attached hydrogen (secondary N) is 1. The molecule has 0 bridgehead atoms. The Balaban J connectivity index is 2.32. The molecule has 7 heteroatoms. The van der Waals surface area contributed by atoms with Crippen LogP contribution in [0, 0.1) is 5.82 Å². The molecule has 0 unspecified atom stereocenters. The van der Waals surface area contributed by atoms with E-state index in [1.54, 1.807) is 4.90 Å². The van der Waals surface area contributed by atoms with Crippen LogP contribution < -0.4 is 5.32 Å². The number of amides is 2. The lowest BCUT2D eigenvalue weighted by molar-refractivity contribution is -0.127. The molecule has 0 saturated heterocycles. The molecule has 0 aromatic heterocycles. The van der Waals surface area contributed by atoms with Crippen LogP contribution in [0.4, 0.5) is 4.39 Å². The van der Waals surface area contributed by atoms with Crippen molar-refractivity contribution in [3.05, 3.63) is 35.6 Å². The average molecular weight is 319 g/mol. The Kier molecular flexibility index (Phi) is 7.40. The highest BCUT2D eigenvalue weighted by Gasteiger charge is 2.10. The number of carbonyl (C=O) groups excluding carboxylic acids is 2. The van der Waals surface area contributed by atoms with Gasteiger partial charge in [-0.2, -0.15) is 0 Å². The van der Waals surface area contributed by atoms with Crippen molar-refractivity contribution in [2.24, 2.45) is 0 Å². The molecule has 110 valence electrons. The van der Waals surface area contributed by atoms with Gasteiger partial charge in [-0.1, -0.05) is 0 Å². The van der Waals surface area contributed by atoms with E-state index in [4.69, 9.17) is 11.6 Å². The zero-order valence-electron chi connectivity index (χ0n) is 11.1. The summed E-state index contributed by atoms with van der Waals surface area (Å²) in [6.07, 6.45) is 0. The van der Waals surface area contributed by atoms with E-state index in [9.17, 15) is 14.0 Å².